The third kappa shape index (κ3) is 9.04. The Morgan fingerprint density at radius 3 is 2.41 bits per heavy atom. The Hall–Kier alpha value is -0.963. The molecule has 0 aromatic carbocycles. The summed E-state index contributed by atoms with van der Waals surface area (Å²) < 4.78 is 37.7. The number of amides is 1. The summed E-state index contributed by atoms with van der Waals surface area (Å²) in [5, 5.41) is 0.197. The van der Waals surface area contributed by atoms with Gasteiger partial charge in [-0.05, 0) is 74.9 Å². The minimum Gasteiger partial charge on any atom is -0.410 e. The number of hydrogen-bond donors (Lipinski definition) is 1. The Morgan fingerprint density at radius 1 is 1.08 bits per heavy atom. The molecule has 2 heterocycles. The first-order valence-corrected chi connectivity index (χ1v) is 19.2. The van der Waals surface area contributed by atoms with Crippen molar-refractivity contribution in [2.24, 2.45) is 17.8 Å². The number of nitrogens with one attached hydrogen (secondary N) is 1. The van der Waals surface area contributed by atoms with Crippen molar-refractivity contribution in [2.75, 3.05) is 6.26 Å². The smallest absolute Gasteiger partial charge is 0.233 e. The molecule has 6 nitrogen and oxygen atoms in total. The fourth-order valence-corrected chi connectivity index (χ4v) is 7.73. The number of rotatable bonds is 12. The highest BCUT2D eigenvalue weighted by Crippen LogP contribution is 2.46. The van der Waals surface area contributed by atoms with Gasteiger partial charge in [0.1, 0.15) is 0 Å². The molecule has 1 N–H and O–H groups in total. The SMILES string of the molecule is CC(C)(C)[Si](C)(C)OC(/C=C/[C@H]1[C@H](C/C=C\CCCC(=O)NS(C)(=O)=O)[C@H]2CC[C@@H]1O2)C1CCCCC1. The number of hydrogen-bond acceptors (Lipinski definition) is 5. The van der Waals surface area contributed by atoms with Crippen LogP contribution < -0.4 is 4.72 Å². The Morgan fingerprint density at radius 2 is 1.76 bits per heavy atom. The van der Waals surface area contributed by atoms with Crippen LogP contribution in [0, 0.1) is 17.8 Å². The predicted octanol–water partition coefficient (Wildman–Crippen LogP) is 6.50. The number of unbranched alkanes of at least 4 members (excludes halogenated alkanes) is 1. The highest BCUT2D eigenvalue weighted by molar-refractivity contribution is 7.89. The molecule has 1 unspecified atom stereocenters. The minimum atomic E-state index is -3.47. The van der Waals surface area contributed by atoms with E-state index in [9.17, 15) is 13.2 Å². The second-order valence-electron chi connectivity index (χ2n) is 13.1. The van der Waals surface area contributed by atoms with Gasteiger partial charge in [0, 0.05) is 12.3 Å². The Bertz CT molecular complexity index is 917. The molecule has 8 heteroatoms. The molecule has 1 amide bonds. The molecule has 3 aliphatic rings. The van der Waals surface area contributed by atoms with Crippen LogP contribution in [0.3, 0.4) is 0 Å². The van der Waals surface area contributed by atoms with E-state index < -0.39 is 24.2 Å². The molecular formula is C29H51NO5SSi. The first-order valence-electron chi connectivity index (χ1n) is 14.4. The van der Waals surface area contributed by atoms with Crippen molar-refractivity contribution in [1.29, 1.82) is 0 Å². The van der Waals surface area contributed by atoms with Gasteiger partial charge in [-0.15, -0.1) is 0 Å². The van der Waals surface area contributed by atoms with Gasteiger partial charge >= 0.3 is 0 Å². The summed E-state index contributed by atoms with van der Waals surface area (Å²) in [7, 11) is -5.35. The van der Waals surface area contributed by atoms with Gasteiger partial charge < -0.3 is 9.16 Å². The highest BCUT2D eigenvalue weighted by atomic mass is 32.2. The molecule has 37 heavy (non-hydrogen) atoms. The third-order valence-corrected chi connectivity index (χ3v) is 14.1. The summed E-state index contributed by atoms with van der Waals surface area (Å²) in [4.78, 5) is 11.7. The van der Waals surface area contributed by atoms with E-state index in [-0.39, 0.29) is 17.6 Å². The Kier molecular flexibility index (Phi) is 10.7. The van der Waals surface area contributed by atoms with Crippen molar-refractivity contribution in [3.8, 4) is 0 Å². The van der Waals surface area contributed by atoms with Gasteiger partial charge in [-0.25, -0.2) is 8.42 Å². The molecule has 2 aliphatic heterocycles. The van der Waals surface area contributed by atoms with Crippen molar-refractivity contribution in [3.05, 3.63) is 24.3 Å². The van der Waals surface area contributed by atoms with Gasteiger partial charge in [0.15, 0.2) is 8.32 Å². The second-order valence-corrected chi connectivity index (χ2v) is 19.6. The average molecular weight is 554 g/mol. The number of ether oxygens (including phenoxy) is 1. The standard InChI is InChI=1S/C29H51NO5SSi/c1-29(2,3)37(5,6)35-25(22-14-10-9-11-15-22)19-18-24-23(26-20-21-27(24)34-26)16-12-7-8-13-17-28(31)30-36(4,32)33/h7,12,18-19,22-27H,8-11,13-17,20-21H2,1-6H3,(H,30,31)/b12-7-,19-18+/t23-,24-,25?,26+,27-/m0/s1. The van der Waals surface area contributed by atoms with E-state index in [1.165, 1.54) is 32.1 Å². The third-order valence-electron chi connectivity index (χ3n) is 9.01. The maximum absolute atomic E-state index is 11.7. The zero-order valence-electron chi connectivity index (χ0n) is 24.0. The monoisotopic (exact) mass is 553 g/mol. The van der Waals surface area contributed by atoms with Crippen molar-refractivity contribution >= 4 is 24.2 Å². The van der Waals surface area contributed by atoms with E-state index in [0.29, 0.717) is 36.4 Å². The first-order chi connectivity index (χ1) is 17.3. The first kappa shape index (κ1) is 30.6. The molecule has 0 radical (unpaired) electrons. The maximum Gasteiger partial charge on any atom is 0.233 e. The van der Waals surface area contributed by atoms with Gasteiger partial charge in [-0.3, -0.25) is 9.52 Å². The summed E-state index contributed by atoms with van der Waals surface area (Å²) in [6.07, 6.45) is 22.5. The van der Waals surface area contributed by atoms with Crippen LogP contribution in [-0.4, -0.2) is 47.2 Å². The summed E-state index contributed by atoms with van der Waals surface area (Å²) in [6, 6.07) is 0. The molecule has 3 fully saturated rings. The van der Waals surface area contributed by atoms with E-state index in [0.717, 1.165) is 31.9 Å². The molecule has 0 aromatic heterocycles. The highest BCUT2D eigenvalue weighted by Gasteiger charge is 2.47. The number of carbonyl (C=O) groups is 1. The molecule has 212 valence electrons. The summed E-state index contributed by atoms with van der Waals surface area (Å²) >= 11 is 0. The minimum absolute atomic E-state index is 0.197. The van der Waals surface area contributed by atoms with Gasteiger partial charge in [0.2, 0.25) is 15.9 Å². The van der Waals surface area contributed by atoms with Crippen molar-refractivity contribution in [3.63, 3.8) is 0 Å². The van der Waals surface area contributed by atoms with Gasteiger partial charge in [0.25, 0.3) is 0 Å². The molecule has 5 atom stereocenters. The fourth-order valence-electron chi connectivity index (χ4n) is 5.91. The Balaban J connectivity index is 1.59. The largest absolute Gasteiger partial charge is 0.410 e. The molecule has 1 aliphatic carbocycles. The van der Waals surface area contributed by atoms with E-state index in [2.05, 4.69) is 58.2 Å². The van der Waals surface area contributed by atoms with Crippen molar-refractivity contribution in [2.45, 2.75) is 128 Å². The zero-order valence-corrected chi connectivity index (χ0v) is 25.8. The Labute approximate surface area is 227 Å². The summed E-state index contributed by atoms with van der Waals surface area (Å²) in [5.41, 5.74) is 0. The van der Waals surface area contributed by atoms with Crippen LogP contribution in [0.25, 0.3) is 0 Å². The number of fused-ring (bicyclic) bond motifs is 2. The lowest BCUT2D eigenvalue weighted by atomic mass is 9.76. The van der Waals surface area contributed by atoms with Crippen LogP contribution in [0.2, 0.25) is 18.1 Å². The molecule has 0 spiro atoms. The maximum atomic E-state index is 11.7. The number of carbonyl (C=O) groups excluding carboxylic acids is 1. The molecule has 3 rings (SSSR count). The van der Waals surface area contributed by atoms with Crippen LogP contribution in [0.1, 0.15) is 91.4 Å². The van der Waals surface area contributed by atoms with Crippen LogP contribution >= 0.6 is 0 Å². The molecular weight excluding hydrogens is 502 g/mol. The van der Waals surface area contributed by atoms with E-state index in [1.807, 2.05) is 4.72 Å². The molecule has 0 aromatic rings. The van der Waals surface area contributed by atoms with Gasteiger partial charge in [0.05, 0.1) is 24.6 Å². The summed E-state index contributed by atoms with van der Waals surface area (Å²) in [5.74, 6) is 1.10. The number of allylic oxidation sites excluding steroid dienone is 2. The summed E-state index contributed by atoms with van der Waals surface area (Å²) in [6.45, 7) is 11.7. The van der Waals surface area contributed by atoms with E-state index in [1.54, 1.807) is 0 Å². The lowest BCUT2D eigenvalue weighted by Crippen LogP contribution is -2.45. The predicted molar refractivity (Wildman–Crippen MR) is 153 cm³/mol. The lowest BCUT2D eigenvalue weighted by Gasteiger charge is -2.41. The molecule has 2 bridgehead atoms. The van der Waals surface area contributed by atoms with Crippen LogP contribution in [-0.2, 0) is 24.0 Å². The average Bonchev–Trinajstić information content (AvgIpc) is 3.39. The normalized spacial score (nSPS) is 28.4. The van der Waals surface area contributed by atoms with Crippen molar-refractivity contribution < 1.29 is 22.4 Å². The van der Waals surface area contributed by atoms with Gasteiger partial charge in [-0.2, -0.15) is 0 Å². The van der Waals surface area contributed by atoms with Gasteiger partial charge in [-0.1, -0.05) is 64.3 Å². The fraction of sp³-hybridized carbons (Fsp3) is 0.828. The van der Waals surface area contributed by atoms with Crippen LogP contribution in [0.4, 0.5) is 0 Å². The topological polar surface area (TPSA) is 81.7 Å². The van der Waals surface area contributed by atoms with Crippen LogP contribution in [0.15, 0.2) is 24.3 Å². The quantitative estimate of drug-likeness (QED) is 0.169. The van der Waals surface area contributed by atoms with Crippen molar-refractivity contribution in [1.82, 2.24) is 4.72 Å². The number of sulfonamides is 1. The van der Waals surface area contributed by atoms with Crippen LogP contribution in [0.5, 0.6) is 0 Å². The van der Waals surface area contributed by atoms with E-state index in [4.69, 9.17) is 9.16 Å². The zero-order chi connectivity index (χ0) is 27.3. The molecule has 1 saturated carbocycles. The molecule has 2 saturated heterocycles. The lowest BCUT2D eigenvalue weighted by molar-refractivity contribution is -0.119. The second kappa shape index (κ2) is 12.9. The van der Waals surface area contributed by atoms with E-state index >= 15 is 0 Å².